The molecule has 1 aliphatic carbocycles. The highest BCUT2D eigenvalue weighted by atomic mass is 19.4. The van der Waals surface area contributed by atoms with E-state index in [1.54, 1.807) is 0 Å². The van der Waals surface area contributed by atoms with Crippen molar-refractivity contribution in [3.63, 3.8) is 0 Å². The van der Waals surface area contributed by atoms with E-state index in [1.807, 2.05) is 0 Å². The molecule has 0 heterocycles. The Hall–Kier alpha value is -1.56. The van der Waals surface area contributed by atoms with Crippen LogP contribution in [0.15, 0.2) is 24.3 Å². The molecule has 1 aromatic carbocycles. The van der Waals surface area contributed by atoms with E-state index in [-0.39, 0.29) is 23.4 Å². The number of halogens is 3. The Bertz CT molecular complexity index is 470. The zero-order chi connectivity index (χ0) is 14.8. The van der Waals surface area contributed by atoms with E-state index in [0.717, 1.165) is 31.4 Å². The first-order valence-electron chi connectivity index (χ1n) is 6.59. The van der Waals surface area contributed by atoms with Crippen LogP contribution in [0.2, 0.25) is 0 Å². The van der Waals surface area contributed by atoms with Crippen LogP contribution in [0.1, 0.15) is 35.2 Å². The molecule has 0 radical (unpaired) electrons. The lowest BCUT2D eigenvalue weighted by Gasteiger charge is -2.16. The number of hydrogen-bond acceptors (Lipinski definition) is 2. The second kappa shape index (κ2) is 5.83. The van der Waals surface area contributed by atoms with Crippen molar-refractivity contribution in [3.8, 4) is 0 Å². The van der Waals surface area contributed by atoms with Gasteiger partial charge in [0.1, 0.15) is 0 Å². The normalized spacial score (nSPS) is 22.8. The third-order valence-corrected chi connectivity index (χ3v) is 3.72. The van der Waals surface area contributed by atoms with E-state index in [9.17, 15) is 18.0 Å². The number of benzene rings is 1. The van der Waals surface area contributed by atoms with Crippen LogP contribution in [0.25, 0.3) is 0 Å². The molecule has 2 unspecified atom stereocenters. The van der Waals surface area contributed by atoms with Gasteiger partial charge in [-0.2, -0.15) is 13.2 Å². The lowest BCUT2D eigenvalue weighted by Crippen LogP contribution is -2.36. The molecular weight excluding hydrogens is 269 g/mol. The molecule has 110 valence electrons. The topological polar surface area (TPSA) is 55.1 Å². The highest BCUT2D eigenvalue weighted by Crippen LogP contribution is 2.29. The minimum absolute atomic E-state index is 0.0999. The van der Waals surface area contributed by atoms with Gasteiger partial charge in [0.15, 0.2) is 0 Å². The Kier molecular flexibility index (Phi) is 4.32. The van der Waals surface area contributed by atoms with Gasteiger partial charge in [-0.3, -0.25) is 4.79 Å². The van der Waals surface area contributed by atoms with Crippen molar-refractivity contribution in [1.29, 1.82) is 0 Å². The third kappa shape index (κ3) is 3.50. The predicted octanol–water partition coefficient (Wildman–Crippen LogP) is 2.56. The summed E-state index contributed by atoms with van der Waals surface area (Å²) in [6.07, 6.45) is -1.39. The Morgan fingerprint density at radius 1 is 1.25 bits per heavy atom. The highest BCUT2D eigenvalue weighted by molar-refractivity contribution is 5.94. The monoisotopic (exact) mass is 286 g/mol. The lowest BCUT2D eigenvalue weighted by molar-refractivity contribution is -0.137. The molecule has 1 saturated carbocycles. The summed E-state index contributed by atoms with van der Waals surface area (Å²) in [5.41, 5.74) is 5.36. The summed E-state index contributed by atoms with van der Waals surface area (Å²) in [7, 11) is 0. The molecular formula is C14H17F3N2O. The van der Waals surface area contributed by atoms with Gasteiger partial charge in [0.05, 0.1) is 5.56 Å². The van der Waals surface area contributed by atoms with E-state index < -0.39 is 11.7 Å². The van der Waals surface area contributed by atoms with Crippen molar-refractivity contribution < 1.29 is 18.0 Å². The summed E-state index contributed by atoms with van der Waals surface area (Å²) in [6.45, 7) is 0.473. The number of nitrogens with one attached hydrogen (secondary N) is 1. The molecule has 0 saturated heterocycles. The Morgan fingerprint density at radius 3 is 2.40 bits per heavy atom. The van der Waals surface area contributed by atoms with Crippen LogP contribution >= 0.6 is 0 Å². The molecule has 0 bridgehead atoms. The molecule has 0 aliphatic heterocycles. The van der Waals surface area contributed by atoms with Crippen molar-refractivity contribution >= 4 is 5.91 Å². The maximum atomic E-state index is 12.4. The molecule has 0 spiro atoms. The minimum Gasteiger partial charge on any atom is -0.352 e. The molecule has 20 heavy (non-hydrogen) atoms. The summed E-state index contributed by atoms with van der Waals surface area (Å²) in [6, 6.07) is 4.30. The highest BCUT2D eigenvalue weighted by Gasteiger charge is 2.30. The third-order valence-electron chi connectivity index (χ3n) is 3.72. The minimum atomic E-state index is -4.38. The standard InChI is InChI=1S/C14H17F3N2O/c15-14(16,17)11-6-4-9(5-7-11)13(20)19-8-10-2-1-3-12(10)18/h4-7,10,12H,1-3,8,18H2,(H,19,20). The Labute approximate surface area is 115 Å². The number of alkyl halides is 3. The Balaban J connectivity index is 1.92. The molecule has 1 aliphatic rings. The summed E-state index contributed by atoms with van der Waals surface area (Å²) < 4.78 is 37.2. The van der Waals surface area contributed by atoms with Gasteiger partial charge in [-0.25, -0.2) is 0 Å². The summed E-state index contributed by atoms with van der Waals surface area (Å²) in [5.74, 6) is -0.105. The van der Waals surface area contributed by atoms with Gasteiger partial charge < -0.3 is 11.1 Å². The second-order valence-electron chi connectivity index (χ2n) is 5.14. The van der Waals surface area contributed by atoms with Gasteiger partial charge in [0.2, 0.25) is 0 Å². The number of carbonyl (C=O) groups excluding carboxylic acids is 1. The van der Waals surface area contributed by atoms with Crippen molar-refractivity contribution in [1.82, 2.24) is 5.32 Å². The molecule has 3 N–H and O–H groups in total. The van der Waals surface area contributed by atoms with Gasteiger partial charge in [-0.15, -0.1) is 0 Å². The average Bonchev–Trinajstić information content (AvgIpc) is 2.81. The Morgan fingerprint density at radius 2 is 1.90 bits per heavy atom. The molecule has 3 nitrogen and oxygen atoms in total. The lowest BCUT2D eigenvalue weighted by atomic mass is 10.0. The molecule has 1 fully saturated rings. The van der Waals surface area contributed by atoms with Gasteiger partial charge in [-0.05, 0) is 43.0 Å². The van der Waals surface area contributed by atoms with Crippen molar-refractivity contribution in [2.24, 2.45) is 11.7 Å². The quantitative estimate of drug-likeness (QED) is 0.897. The SMILES string of the molecule is NC1CCCC1CNC(=O)c1ccc(C(F)(F)F)cc1. The van der Waals surface area contributed by atoms with Crippen LogP contribution in [0.4, 0.5) is 13.2 Å². The van der Waals surface area contributed by atoms with Crippen LogP contribution < -0.4 is 11.1 Å². The summed E-state index contributed by atoms with van der Waals surface area (Å²) in [5, 5.41) is 2.73. The van der Waals surface area contributed by atoms with Crippen LogP contribution in [-0.4, -0.2) is 18.5 Å². The van der Waals surface area contributed by atoms with Crippen LogP contribution in [-0.2, 0) is 6.18 Å². The number of rotatable bonds is 3. The van der Waals surface area contributed by atoms with Crippen LogP contribution in [0.3, 0.4) is 0 Å². The van der Waals surface area contributed by atoms with Crippen LogP contribution in [0.5, 0.6) is 0 Å². The number of amides is 1. The number of hydrogen-bond donors (Lipinski definition) is 2. The molecule has 1 aromatic rings. The van der Waals surface area contributed by atoms with Gasteiger partial charge in [0.25, 0.3) is 5.91 Å². The van der Waals surface area contributed by atoms with Crippen molar-refractivity contribution in [2.75, 3.05) is 6.54 Å². The fourth-order valence-corrected chi connectivity index (χ4v) is 2.46. The zero-order valence-corrected chi connectivity index (χ0v) is 10.9. The van der Waals surface area contributed by atoms with E-state index in [2.05, 4.69) is 5.32 Å². The van der Waals surface area contributed by atoms with E-state index >= 15 is 0 Å². The van der Waals surface area contributed by atoms with Gasteiger partial charge in [0, 0.05) is 18.2 Å². The van der Waals surface area contributed by atoms with Gasteiger partial charge >= 0.3 is 6.18 Å². The summed E-state index contributed by atoms with van der Waals surface area (Å²) >= 11 is 0. The van der Waals surface area contributed by atoms with Crippen molar-refractivity contribution in [2.45, 2.75) is 31.5 Å². The van der Waals surface area contributed by atoms with E-state index in [4.69, 9.17) is 5.73 Å². The fourth-order valence-electron chi connectivity index (χ4n) is 2.46. The average molecular weight is 286 g/mol. The first-order chi connectivity index (χ1) is 9.38. The van der Waals surface area contributed by atoms with Crippen LogP contribution in [0, 0.1) is 5.92 Å². The second-order valence-corrected chi connectivity index (χ2v) is 5.14. The van der Waals surface area contributed by atoms with E-state index in [1.165, 1.54) is 12.1 Å². The maximum Gasteiger partial charge on any atom is 0.416 e. The molecule has 2 rings (SSSR count). The first-order valence-corrected chi connectivity index (χ1v) is 6.59. The summed E-state index contributed by atoms with van der Waals surface area (Å²) in [4.78, 5) is 11.8. The maximum absolute atomic E-state index is 12.4. The predicted molar refractivity (Wildman–Crippen MR) is 69.1 cm³/mol. The van der Waals surface area contributed by atoms with E-state index in [0.29, 0.717) is 6.54 Å². The number of nitrogens with two attached hydrogens (primary N) is 1. The van der Waals surface area contributed by atoms with Crippen molar-refractivity contribution in [3.05, 3.63) is 35.4 Å². The number of carbonyl (C=O) groups is 1. The molecule has 2 atom stereocenters. The molecule has 1 amide bonds. The zero-order valence-electron chi connectivity index (χ0n) is 10.9. The first kappa shape index (κ1) is 14.8. The smallest absolute Gasteiger partial charge is 0.352 e. The molecule has 6 heteroatoms. The largest absolute Gasteiger partial charge is 0.416 e. The fraction of sp³-hybridized carbons (Fsp3) is 0.500. The van der Waals surface area contributed by atoms with Gasteiger partial charge in [-0.1, -0.05) is 6.42 Å². The molecule has 0 aromatic heterocycles.